The number of carbonyl (C=O) groups is 2. The lowest BCUT2D eigenvalue weighted by atomic mass is 9.74. The molecule has 3 aromatic carbocycles. The summed E-state index contributed by atoms with van der Waals surface area (Å²) >= 11 is 0.938. The number of carbonyl (C=O) groups excluding carboxylic acids is 2. The summed E-state index contributed by atoms with van der Waals surface area (Å²) in [5.41, 5.74) is 1.13. The molecule has 0 saturated carbocycles. The number of benzene rings is 3. The highest BCUT2D eigenvalue weighted by Crippen LogP contribution is 2.46. The standard InChI is InChI=1S/C27H24N2O5S/c1-19(30)16-24(22-12-14-23(15-13-22)29(32)33)27(17-20-8-4-2-5-9-20)25(31)35-26(28-27)34-18-21-10-6-3-7-11-21/h2-15,24H,16-18H2,1H3/t24-,27-/m0/s1. The number of Topliss-reactive ketones (excluding diaryl/α,β-unsaturated/α-hetero) is 1. The second-order valence-electron chi connectivity index (χ2n) is 8.44. The molecule has 3 aromatic rings. The van der Waals surface area contributed by atoms with Gasteiger partial charge in [0.15, 0.2) is 0 Å². The van der Waals surface area contributed by atoms with Crippen LogP contribution in [0.1, 0.15) is 36.0 Å². The van der Waals surface area contributed by atoms with Crippen molar-refractivity contribution in [2.24, 2.45) is 4.99 Å². The molecule has 0 aromatic heterocycles. The number of thioether (sulfide) groups is 1. The second kappa shape index (κ2) is 10.7. The molecule has 8 heteroatoms. The maximum absolute atomic E-state index is 13.6. The highest BCUT2D eigenvalue weighted by atomic mass is 32.2. The zero-order chi connectivity index (χ0) is 24.8. The quantitative estimate of drug-likeness (QED) is 0.292. The van der Waals surface area contributed by atoms with Gasteiger partial charge in [-0.2, -0.15) is 0 Å². The molecule has 0 unspecified atom stereocenters. The van der Waals surface area contributed by atoms with Crippen LogP contribution in [0.25, 0.3) is 0 Å². The number of non-ortho nitro benzene ring substituents is 1. The number of nitrogens with zero attached hydrogens (tertiary/aromatic N) is 2. The lowest BCUT2D eigenvalue weighted by molar-refractivity contribution is -0.384. The third-order valence-electron chi connectivity index (χ3n) is 5.92. The Hall–Kier alpha value is -3.78. The number of rotatable bonds is 9. The zero-order valence-corrected chi connectivity index (χ0v) is 19.9. The Morgan fingerprint density at radius 2 is 1.60 bits per heavy atom. The summed E-state index contributed by atoms with van der Waals surface area (Å²) in [4.78, 5) is 41.5. The molecule has 0 saturated heterocycles. The van der Waals surface area contributed by atoms with Crippen LogP contribution < -0.4 is 0 Å². The van der Waals surface area contributed by atoms with Crippen molar-refractivity contribution in [3.8, 4) is 0 Å². The molecule has 0 spiro atoms. The monoisotopic (exact) mass is 488 g/mol. The van der Waals surface area contributed by atoms with Gasteiger partial charge in [0.1, 0.15) is 17.9 Å². The first kappa shape index (κ1) is 24.3. The molecule has 0 aliphatic carbocycles. The largest absolute Gasteiger partial charge is 0.468 e. The summed E-state index contributed by atoms with van der Waals surface area (Å²) < 4.78 is 5.91. The van der Waals surface area contributed by atoms with Gasteiger partial charge in [-0.3, -0.25) is 14.9 Å². The molecule has 0 N–H and O–H groups in total. The van der Waals surface area contributed by atoms with E-state index in [1.54, 1.807) is 12.1 Å². The molecular weight excluding hydrogens is 464 g/mol. The smallest absolute Gasteiger partial charge is 0.269 e. The van der Waals surface area contributed by atoms with E-state index in [0.29, 0.717) is 5.56 Å². The summed E-state index contributed by atoms with van der Waals surface area (Å²) in [6, 6.07) is 25.1. The third-order valence-corrected chi connectivity index (χ3v) is 6.84. The number of hydrogen-bond donors (Lipinski definition) is 0. The molecule has 178 valence electrons. The number of ether oxygens (including phenoxy) is 1. The fourth-order valence-electron chi connectivity index (χ4n) is 4.22. The van der Waals surface area contributed by atoms with Crippen molar-refractivity contribution < 1.29 is 19.2 Å². The minimum absolute atomic E-state index is 0.0602. The van der Waals surface area contributed by atoms with Crippen molar-refractivity contribution >= 4 is 33.6 Å². The maximum atomic E-state index is 13.6. The van der Waals surface area contributed by atoms with Gasteiger partial charge in [0.05, 0.1) is 4.92 Å². The number of hydrogen-bond acceptors (Lipinski definition) is 7. The molecule has 1 aliphatic heterocycles. The Morgan fingerprint density at radius 1 is 1.00 bits per heavy atom. The summed E-state index contributed by atoms with van der Waals surface area (Å²) in [5, 5.41) is 11.2. The molecule has 0 radical (unpaired) electrons. The van der Waals surface area contributed by atoms with E-state index in [0.717, 1.165) is 22.9 Å². The van der Waals surface area contributed by atoms with Gasteiger partial charge in [0.25, 0.3) is 10.9 Å². The lowest BCUT2D eigenvalue weighted by Crippen LogP contribution is -2.42. The van der Waals surface area contributed by atoms with E-state index in [-0.39, 0.29) is 41.3 Å². The number of nitro groups is 1. The zero-order valence-electron chi connectivity index (χ0n) is 19.1. The Morgan fingerprint density at radius 3 is 2.17 bits per heavy atom. The van der Waals surface area contributed by atoms with Crippen molar-refractivity contribution in [2.45, 2.75) is 37.8 Å². The number of nitro benzene ring substituents is 1. The van der Waals surface area contributed by atoms with Crippen LogP contribution in [-0.4, -0.2) is 26.6 Å². The Kier molecular flexibility index (Phi) is 7.41. The van der Waals surface area contributed by atoms with Gasteiger partial charge >= 0.3 is 0 Å². The first-order chi connectivity index (χ1) is 16.9. The molecule has 1 heterocycles. The van der Waals surface area contributed by atoms with Gasteiger partial charge in [0.2, 0.25) is 5.12 Å². The topological polar surface area (TPSA) is 98.9 Å². The first-order valence-electron chi connectivity index (χ1n) is 11.1. The van der Waals surface area contributed by atoms with Crippen LogP contribution in [0.2, 0.25) is 0 Å². The summed E-state index contributed by atoms with van der Waals surface area (Å²) in [6.45, 7) is 1.73. The van der Waals surface area contributed by atoms with Gasteiger partial charge in [-0.25, -0.2) is 4.99 Å². The molecular formula is C27H24N2O5S. The highest BCUT2D eigenvalue weighted by Gasteiger charge is 2.52. The molecule has 0 amide bonds. The minimum Gasteiger partial charge on any atom is -0.468 e. The average Bonchev–Trinajstić information content (AvgIpc) is 3.18. The Labute approximate surface area is 207 Å². The molecule has 7 nitrogen and oxygen atoms in total. The van der Waals surface area contributed by atoms with E-state index in [2.05, 4.69) is 0 Å². The molecule has 1 aliphatic rings. The Bertz CT molecular complexity index is 1250. The molecule has 0 fully saturated rings. The lowest BCUT2D eigenvalue weighted by Gasteiger charge is -2.33. The van der Waals surface area contributed by atoms with E-state index < -0.39 is 16.4 Å². The van der Waals surface area contributed by atoms with Gasteiger partial charge in [-0.1, -0.05) is 72.8 Å². The maximum Gasteiger partial charge on any atom is 0.269 e. The summed E-state index contributed by atoms with van der Waals surface area (Å²) in [6.07, 6.45) is 0.333. The van der Waals surface area contributed by atoms with Crippen molar-refractivity contribution in [1.29, 1.82) is 0 Å². The predicted octanol–water partition coefficient (Wildman–Crippen LogP) is 5.49. The third kappa shape index (κ3) is 5.66. The number of aliphatic imine (C=N–C) groups is 1. The van der Waals surface area contributed by atoms with Crippen LogP contribution >= 0.6 is 11.8 Å². The van der Waals surface area contributed by atoms with E-state index >= 15 is 0 Å². The fraction of sp³-hybridized carbons (Fsp3) is 0.222. The molecule has 0 bridgehead atoms. The predicted molar refractivity (Wildman–Crippen MR) is 135 cm³/mol. The normalized spacial score (nSPS) is 18.1. The Balaban J connectivity index is 1.75. The van der Waals surface area contributed by atoms with E-state index in [1.807, 2.05) is 60.7 Å². The van der Waals surface area contributed by atoms with Crippen molar-refractivity contribution in [3.63, 3.8) is 0 Å². The van der Waals surface area contributed by atoms with Crippen LogP contribution in [0.15, 0.2) is 89.9 Å². The molecule has 2 atom stereocenters. The summed E-state index contributed by atoms with van der Waals surface area (Å²) in [7, 11) is 0. The van der Waals surface area contributed by atoms with Crippen molar-refractivity contribution in [3.05, 3.63) is 112 Å². The van der Waals surface area contributed by atoms with Gasteiger partial charge in [0, 0.05) is 42.7 Å². The van der Waals surface area contributed by atoms with Crippen LogP contribution in [0, 0.1) is 10.1 Å². The van der Waals surface area contributed by atoms with Crippen LogP contribution in [0.5, 0.6) is 0 Å². The first-order valence-corrected chi connectivity index (χ1v) is 12.0. The van der Waals surface area contributed by atoms with Gasteiger partial charge in [-0.05, 0) is 23.6 Å². The average molecular weight is 489 g/mol. The van der Waals surface area contributed by atoms with Crippen LogP contribution in [-0.2, 0) is 27.4 Å². The summed E-state index contributed by atoms with van der Waals surface area (Å²) in [5.74, 6) is -0.716. The van der Waals surface area contributed by atoms with Crippen molar-refractivity contribution in [2.75, 3.05) is 0 Å². The van der Waals surface area contributed by atoms with Crippen LogP contribution in [0.4, 0.5) is 5.69 Å². The van der Waals surface area contributed by atoms with E-state index in [4.69, 9.17) is 9.73 Å². The fourth-order valence-corrected chi connectivity index (χ4v) is 5.14. The van der Waals surface area contributed by atoms with Crippen LogP contribution in [0.3, 0.4) is 0 Å². The molecule has 4 rings (SSSR count). The minimum atomic E-state index is -1.29. The van der Waals surface area contributed by atoms with Gasteiger partial charge in [-0.15, -0.1) is 0 Å². The SMILES string of the molecule is CC(=O)C[C@@H](c1ccc([N+](=O)[O-])cc1)[C@]1(Cc2ccccc2)N=C(OCc2ccccc2)SC1=O. The second-order valence-corrected chi connectivity index (χ2v) is 9.36. The highest BCUT2D eigenvalue weighted by molar-refractivity contribution is 8.26. The van der Waals surface area contributed by atoms with Crippen molar-refractivity contribution in [1.82, 2.24) is 0 Å². The van der Waals surface area contributed by atoms with E-state index in [1.165, 1.54) is 19.1 Å². The number of ketones is 1. The molecule has 35 heavy (non-hydrogen) atoms. The van der Waals surface area contributed by atoms with Gasteiger partial charge < -0.3 is 9.53 Å². The van der Waals surface area contributed by atoms with E-state index in [9.17, 15) is 19.7 Å².